The number of hydrogen-bond donors (Lipinski definition) is 0. The van der Waals surface area contributed by atoms with Crippen LogP contribution in [0.15, 0.2) is 41.8 Å². The Labute approximate surface area is 194 Å². The number of carbonyl (C=O) groups is 2. The topological polar surface area (TPSA) is 43.9 Å². The molecule has 2 heterocycles. The van der Waals surface area contributed by atoms with Crippen LogP contribution in [0.25, 0.3) is 0 Å². The lowest BCUT2D eigenvalue weighted by molar-refractivity contribution is -0.141. The molecule has 174 valence electrons. The van der Waals surface area contributed by atoms with E-state index in [2.05, 4.69) is 4.90 Å². The van der Waals surface area contributed by atoms with Gasteiger partial charge in [-0.25, -0.2) is 4.39 Å². The molecule has 0 atom stereocenters. The van der Waals surface area contributed by atoms with Crippen LogP contribution >= 0.6 is 11.3 Å². The van der Waals surface area contributed by atoms with Crippen molar-refractivity contribution < 1.29 is 14.0 Å². The van der Waals surface area contributed by atoms with Crippen molar-refractivity contribution in [2.75, 3.05) is 32.7 Å². The van der Waals surface area contributed by atoms with Crippen molar-refractivity contribution in [1.82, 2.24) is 14.7 Å². The maximum absolute atomic E-state index is 13.4. The summed E-state index contributed by atoms with van der Waals surface area (Å²) in [5.41, 5.74) is 0.869. The Morgan fingerprint density at radius 3 is 2.38 bits per heavy atom. The molecular weight excluding hydrogens is 425 g/mol. The van der Waals surface area contributed by atoms with E-state index in [1.807, 2.05) is 31.4 Å². The SMILES string of the molecule is CC(C)CC(=O)N(CCN1CCCC1)CC(=O)N(Cc1ccc(F)cc1)Cc1cccs1. The molecule has 2 aromatic rings. The third-order valence-corrected chi connectivity index (χ3v) is 6.57. The van der Waals surface area contributed by atoms with Gasteiger partial charge in [-0.05, 0) is 61.0 Å². The Hall–Kier alpha value is -2.25. The van der Waals surface area contributed by atoms with Crippen LogP contribution in [-0.4, -0.2) is 59.2 Å². The molecule has 0 N–H and O–H groups in total. The summed E-state index contributed by atoms with van der Waals surface area (Å²) in [5, 5.41) is 1.99. The van der Waals surface area contributed by atoms with Gasteiger partial charge in [0.25, 0.3) is 0 Å². The number of likely N-dealkylation sites (tertiary alicyclic amines) is 1. The smallest absolute Gasteiger partial charge is 0.242 e. The Morgan fingerprint density at radius 1 is 1.03 bits per heavy atom. The number of hydrogen-bond acceptors (Lipinski definition) is 4. The zero-order valence-electron chi connectivity index (χ0n) is 19.1. The maximum Gasteiger partial charge on any atom is 0.242 e. The van der Waals surface area contributed by atoms with Gasteiger partial charge in [-0.1, -0.05) is 32.0 Å². The van der Waals surface area contributed by atoms with Crippen molar-refractivity contribution in [2.24, 2.45) is 5.92 Å². The fourth-order valence-electron chi connectivity index (χ4n) is 3.94. The fraction of sp³-hybridized carbons (Fsp3) is 0.520. The third-order valence-electron chi connectivity index (χ3n) is 5.71. The van der Waals surface area contributed by atoms with Crippen molar-refractivity contribution >= 4 is 23.2 Å². The molecule has 0 saturated carbocycles. The highest BCUT2D eigenvalue weighted by molar-refractivity contribution is 7.09. The lowest BCUT2D eigenvalue weighted by Gasteiger charge is -2.29. The van der Waals surface area contributed by atoms with Gasteiger partial charge >= 0.3 is 0 Å². The molecule has 1 aromatic heterocycles. The Balaban J connectivity index is 1.70. The average molecular weight is 460 g/mol. The third kappa shape index (κ3) is 7.71. The monoisotopic (exact) mass is 459 g/mol. The number of amides is 2. The molecule has 7 heteroatoms. The van der Waals surface area contributed by atoms with Crippen molar-refractivity contribution in [3.8, 4) is 0 Å². The molecule has 1 fully saturated rings. The van der Waals surface area contributed by atoms with Crippen LogP contribution in [0.4, 0.5) is 4.39 Å². The number of thiophene rings is 1. The zero-order chi connectivity index (χ0) is 22.9. The van der Waals surface area contributed by atoms with Crippen LogP contribution in [0.3, 0.4) is 0 Å². The predicted molar refractivity (Wildman–Crippen MR) is 127 cm³/mol. The minimum atomic E-state index is -0.294. The van der Waals surface area contributed by atoms with E-state index in [1.54, 1.807) is 33.3 Å². The first kappa shape index (κ1) is 24.4. The Kier molecular flexibility index (Phi) is 9.23. The van der Waals surface area contributed by atoms with Gasteiger partial charge in [0.15, 0.2) is 0 Å². The summed E-state index contributed by atoms with van der Waals surface area (Å²) in [6, 6.07) is 10.2. The minimum absolute atomic E-state index is 0.0328. The highest BCUT2D eigenvalue weighted by atomic mass is 32.1. The summed E-state index contributed by atoms with van der Waals surface area (Å²) in [6.45, 7) is 8.49. The van der Waals surface area contributed by atoms with Crippen LogP contribution < -0.4 is 0 Å². The number of nitrogens with zero attached hydrogens (tertiary/aromatic N) is 3. The molecule has 0 unspecified atom stereocenters. The number of carbonyl (C=O) groups excluding carboxylic acids is 2. The van der Waals surface area contributed by atoms with Gasteiger partial charge in [0.2, 0.25) is 11.8 Å². The summed E-state index contributed by atoms with van der Waals surface area (Å²) < 4.78 is 13.3. The molecule has 3 rings (SSSR count). The second-order valence-electron chi connectivity index (χ2n) is 8.92. The predicted octanol–water partition coefficient (Wildman–Crippen LogP) is 4.39. The molecule has 1 saturated heterocycles. The molecule has 32 heavy (non-hydrogen) atoms. The molecule has 5 nitrogen and oxygen atoms in total. The van der Waals surface area contributed by atoms with E-state index in [9.17, 15) is 14.0 Å². The van der Waals surface area contributed by atoms with Gasteiger partial charge in [0.05, 0.1) is 13.1 Å². The molecule has 1 aromatic carbocycles. The van der Waals surface area contributed by atoms with Crippen molar-refractivity contribution in [3.05, 3.63) is 58.0 Å². The van der Waals surface area contributed by atoms with Crippen molar-refractivity contribution in [3.63, 3.8) is 0 Å². The van der Waals surface area contributed by atoms with Gasteiger partial charge in [-0.3, -0.25) is 9.59 Å². The second kappa shape index (κ2) is 12.1. The fourth-order valence-corrected chi connectivity index (χ4v) is 4.65. The van der Waals surface area contributed by atoms with Crippen molar-refractivity contribution in [1.29, 1.82) is 0 Å². The van der Waals surface area contributed by atoms with Crippen molar-refractivity contribution in [2.45, 2.75) is 46.2 Å². The molecule has 2 amide bonds. The number of benzene rings is 1. The zero-order valence-corrected chi connectivity index (χ0v) is 20.0. The largest absolute Gasteiger partial charge is 0.332 e. The molecule has 0 spiro atoms. The molecule has 1 aliphatic rings. The molecule has 0 radical (unpaired) electrons. The van der Waals surface area contributed by atoms with Crippen LogP contribution in [0, 0.1) is 11.7 Å². The highest BCUT2D eigenvalue weighted by Gasteiger charge is 2.24. The van der Waals surface area contributed by atoms with E-state index < -0.39 is 0 Å². The second-order valence-corrected chi connectivity index (χ2v) is 9.95. The lowest BCUT2D eigenvalue weighted by atomic mass is 10.1. The van der Waals surface area contributed by atoms with Gasteiger partial charge in [-0.2, -0.15) is 0 Å². The maximum atomic E-state index is 13.4. The molecule has 0 aliphatic carbocycles. The normalized spacial score (nSPS) is 14.1. The van der Waals surface area contributed by atoms with E-state index >= 15 is 0 Å². The molecule has 0 bridgehead atoms. The summed E-state index contributed by atoms with van der Waals surface area (Å²) >= 11 is 1.60. The van der Waals surface area contributed by atoms with E-state index in [-0.39, 0.29) is 30.1 Å². The highest BCUT2D eigenvalue weighted by Crippen LogP contribution is 2.16. The van der Waals surface area contributed by atoms with Gasteiger partial charge in [0, 0.05) is 30.9 Å². The summed E-state index contributed by atoms with van der Waals surface area (Å²) in [6.07, 6.45) is 2.84. The van der Waals surface area contributed by atoms with Crippen LogP contribution in [-0.2, 0) is 22.7 Å². The summed E-state index contributed by atoms with van der Waals surface area (Å²) in [7, 11) is 0. The number of rotatable bonds is 11. The van der Waals surface area contributed by atoms with E-state index in [1.165, 1.54) is 25.0 Å². The van der Waals surface area contributed by atoms with E-state index in [4.69, 9.17) is 0 Å². The quantitative estimate of drug-likeness (QED) is 0.501. The lowest BCUT2D eigenvalue weighted by Crippen LogP contribution is -2.45. The average Bonchev–Trinajstić information content (AvgIpc) is 3.45. The van der Waals surface area contributed by atoms with Gasteiger partial charge in [0.1, 0.15) is 5.82 Å². The first-order valence-corrected chi connectivity index (χ1v) is 12.3. The minimum Gasteiger partial charge on any atom is -0.332 e. The van der Waals surface area contributed by atoms with Crippen LogP contribution in [0.5, 0.6) is 0 Å². The van der Waals surface area contributed by atoms with Crippen LogP contribution in [0.2, 0.25) is 0 Å². The molecular formula is C25H34FN3O2S. The first-order chi connectivity index (χ1) is 15.4. The summed E-state index contributed by atoms with van der Waals surface area (Å²) in [5.74, 6) is -0.0998. The first-order valence-electron chi connectivity index (χ1n) is 11.5. The number of halogens is 1. The Morgan fingerprint density at radius 2 is 1.75 bits per heavy atom. The standard InChI is InChI=1S/C25H34FN3O2S/c1-20(2)16-24(30)28(14-13-27-11-3-4-12-27)19-25(31)29(18-23-6-5-15-32-23)17-21-7-9-22(26)10-8-21/h5-10,15,20H,3-4,11-14,16-19H2,1-2H3. The van der Waals surface area contributed by atoms with Crippen LogP contribution in [0.1, 0.15) is 43.6 Å². The van der Waals surface area contributed by atoms with E-state index in [0.717, 1.165) is 30.1 Å². The Bertz CT molecular complexity index is 849. The van der Waals surface area contributed by atoms with Gasteiger partial charge in [-0.15, -0.1) is 11.3 Å². The summed E-state index contributed by atoms with van der Waals surface area (Å²) in [4.78, 5) is 33.3. The van der Waals surface area contributed by atoms with Gasteiger partial charge < -0.3 is 14.7 Å². The van der Waals surface area contributed by atoms with E-state index in [0.29, 0.717) is 26.1 Å². The molecule has 1 aliphatic heterocycles.